The summed E-state index contributed by atoms with van der Waals surface area (Å²) >= 11 is 0. The molecule has 0 aliphatic carbocycles. The van der Waals surface area contributed by atoms with E-state index in [-0.39, 0.29) is 18.0 Å². The zero-order chi connectivity index (χ0) is 14.9. The summed E-state index contributed by atoms with van der Waals surface area (Å²) in [5.41, 5.74) is 1.28. The second kappa shape index (κ2) is 5.16. The number of aromatic nitrogens is 2. The highest BCUT2D eigenvalue weighted by Gasteiger charge is 2.23. The largest absolute Gasteiger partial charge is 0.463 e. The van der Waals surface area contributed by atoms with E-state index in [2.05, 4.69) is 9.84 Å². The maximum atomic E-state index is 11.5. The highest BCUT2D eigenvalue weighted by Crippen LogP contribution is 2.23. The van der Waals surface area contributed by atoms with Gasteiger partial charge in [0.15, 0.2) is 0 Å². The van der Waals surface area contributed by atoms with Crippen molar-refractivity contribution in [3.05, 3.63) is 45.2 Å². The molecule has 0 N–H and O–H groups in total. The van der Waals surface area contributed by atoms with Crippen molar-refractivity contribution >= 4 is 11.7 Å². The molecule has 0 radical (unpaired) electrons. The summed E-state index contributed by atoms with van der Waals surface area (Å²) in [6, 6.07) is 1.61. The number of rotatable bonds is 4. The van der Waals surface area contributed by atoms with Crippen LogP contribution >= 0.6 is 0 Å². The van der Waals surface area contributed by atoms with E-state index in [0.29, 0.717) is 17.0 Å². The molecule has 0 unspecified atom stereocenters. The minimum Gasteiger partial charge on any atom is -0.463 e. The summed E-state index contributed by atoms with van der Waals surface area (Å²) in [6.07, 6.45) is 1.36. The first-order chi connectivity index (χ1) is 9.45. The predicted octanol–water partition coefficient (Wildman–Crippen LogP) is 1.84. The van der Waals surface area contributed by atoms with Crippen molar-refractivity contribution in [1.29, 1.82) is 0 Å². The normalized spacial score (nSPS) is 10.6. The molecule has 0 bridgehead atoms. The second-order valence-electron chi connectivity index (χ2n) is 4.20. The minimum absolute atomic E-state index is 0.0203. The first-order valence-electron chi connectivity index (χ1n) is 5.78. The lowest BCUT2D eigenvalue weighted by atomic mass is 10.2. The minimum atomic E-state index is -0.596. The Hall–Kier alpha value is -2.64. The summed E-state index contributed by atoms with van der Waals surface area (Å²) in [5, 5.41) is 15.1. The van der Waals surface area contributed by atoms with Gasteiger partial charge in [-0.05, 0) is 19.9 Å². The number of ether oxygens (including phenoxy) is 1. The third-order valence-corrected chi connectivity index (χ3v) is 2.96. The quantitative estimate of drug-likeness (QED) is 0.481. The van der Waals surface area contributed by atoms with Crippen molar-refractivity contribution in [3.63, 3.8) is 0 Å². The van der Waals surface area contributed by atoms with Crippen LogP contribution in [-0.2, 0) is 11.3 Å². The molecule has 106 valence electrons. The van der Waals surface area contributed by atoms with Crippen molar-refractivity contribution in [1.82, 2.24) is 9.78 Å². The summed E-state index contributed by atoms with van der Waals surface area (Å²) < 4.78 is 11.1. The molecular formula is C12H13N3O5. The fourth-order valence-electron chi connectivity index (χ4n) is 2.00. The fraction of sp³-hybridized carbons (Fsp3) is 0.333. The molecule has 8 heteroatoms. The Morgan fingerprint density at radius 3 is 2.80 bits per heavy atom. The first kappa shape index (κ1) is 13.8. The van der Waals surface area contributed by atoms with E-state index in [0.717, 1.165) is 0 Å². The van der Waals surface area contributed by atoms with Crippen LogP contribution in [0.1, 0.15) is 27.5 Å². The topological polar surface area (TPSA) is 100 Å². The van der Waals surface area contributed by atoms with Crippen LogP contribution in [0, 0.1) is 24.0 Å². The highest BCUT2D eigenvalue weighted by molar-refractivity contribution is 5.87. The van der Waals surface area contributed by atoms with Crippen LogP contribution in [0.5, 0.6) is 0 Å². The van der Waals surface area contributed by atoms with E-state index in [1.165, 1.54) is 18.1 Å². The van der Waals surface area contributed by atoms with Gasteiger partial charge >= 0.3 is 11.7 Å². The van der Waals surface area contributed by atoms with Crippen LogP contribution < -0.4 is 0 Å². The molecule has 2 rings (SSSR count). The van der Waals surface area contributed by atoms with Crippen molar-refractivity contribution in [3.8, 4) is 0 Å². The highest BCUT2D eigenvalue weighted by atomic mass is 16.6. The van der Waals surface area contributed by atoms with Crippen LogP contribution in [0.2, 0.25) is 0 Å². The standard InChI is InChI=1S/C12H13N3O5/c1-7-10(15(17)18)8(2)14(13-7)6-9-4-5-20-11(9)12(16)19-3/h4-5H,6H2,1-3H3. The molecular weight excluding hydrogens is 266 g/mol. The number of hydrogen-bond acceptors (Lipinski definition) is 6. The Kier molecular flexibility index (Phi) is 3.55. The SMILES string of the molecule is COC(=O)c1occc1Cn1nc(C)c([N+](=O)[O-])c1C. The molecule has 0 aliphatic rings. The molecule has 2 aromatic heterocycles. The van der Waals surface area contributed by atoms with Gasteiger partial charge in [0.05, 0.1) is 24.8 Å². The lowest BCUT2D eigenvalue weighted by Gasteiger charge is -2.03. The van der Waals surface area contributed by atoms with Crippen LogP contribution in [-0.4, -0.2) is 27.8 Å². The lowest BCUT2D eigenvalue weighted by molar-refractivity contribution is -0.386. The van der Waals surface area contributed by atoms with Gasteiger partial charge in [0.1, 0.15) is 11.4 Å². The molecule has 2 heterocycles. The Labute approximate surface area is 114 Å². The van der Waals surface area contributed by atoms with Crippen LogP contribution in [0.3, 0.4) is 0 Å². The van der Waals surface area contributed by atoms with Crippen molar-refractivity contribution in [2.75, 3.05) is 7.11 Å². The van der Waals surface area contributed by atoms with E-state index in [1.807, 2.05) is 0 Å². The maximum Gasteiger partial charge on any atom is 0.374 e. The zero-order valence-electron chi connectivity index (χ0n) is 11.2. The average molecular weight is 279 g/mol. The number of furan rings is 1. The molecule has 0 aliphatic heterocycles. The van der Waals surface area contributed by atoms with Crippen molar-refractivity contribution in [2.24, 2.45) is 0 Å². The van der Waals surface area contributed by atoms with Gasteiger partial charge in [-0.2, -0.15) is 5.10 Å². The molecule has 0 fully saturated rings. The van der Waals surface area contributed by atoms with E-state index >= 15 is 0 Å². The van der Waals surface area contributed by atoms with Gasteiger partial charge < -0.3 is 9.15 Å². The number of hydrogen-bond donors (Lipinski definition) is 0. The lowest BCUT2D eigenvalue weighted by Crippen LogP contribution is -2.09. The average Bonchev–Trinajstić information content (AvgIpc) is 2.94. The number of esters is 1. The fourth-order valence-corrected chi connectivity index (χ4v) is 2.00. The molecule has 20 heavy (non-hydrogen) atoms. The third-order valence-electron chi connectivity index (χ3n) is 2.96. The van der Waals surface area contributed by atoms with Crippen LogP contribution in [0.15, 0.2) is 16.7 Å². The van der Waals surface area contributed by atoms with Gasteiger partial charge in [-0.25, -0.2) is 4.79 Å². The first-order valence-corrected chi connectivity index (χ1v) is 5.78. The van der Waals surface area contributed by atoms with Gasteiger partial charge in [-0.1, -0.05) is 0 Å². The molecule has 0 saturated heterocycles. The Balaban J connectivity index is 2.37. The third kappa shape index (κ3) is 2.27. The van der Waals surface area contributed by atoms with Crippen molar-refractivity contribution in [2.45, 2.75) is 20.4 Å². The predicted molar refractivity (Wildman–Crippen MR) is 67.5 cm³/mol. The molecule has 0 saturated carbocycles. The number of methoxy groups -OCH3 is 1. The smallest absolute Gasteiger partial charge is 0.374 e. The molecule has 0 amide bonds. The summed E-state index contributed by atoms with van der Waals surface area (Å²) in [6.45, 7) is 3.37. The molecule has 0 spiro atoms. The molecule has 8 nitrogen and oxygen atoms in total. The molecule has 0 aromatic carbocycles. The molecule has 2 aromatic rings. The van der Waals surface area contributed by atoms with Gasteiger partial charge in [0.25, 0.3) is 0 Å². The van der Waals surface area contributed by atoms with Gasteiger partial charge in [0, 0.05) is 5.56 Å². The number of carbonyl (C=O) groups excluding carboxylic acids is 1. The number of carbonyl (C=O) groups is 1. The van der Waals surface area contributed by atoms with Crippen LogP contribution in [0.25, 0.3) is 0 Å². The van der Waals surface area contributed by atoms with Gasteiger partial charge in [-0.15, -0.1) is 0 Å². The summed E-state index contributed by atoms with van der Waals surface area (Å²) in [5.74, 6) is -0.524. The van der Waals surface area contributed by atoms with E-state index < -0.39 is 10.9 Å². The number of aryl methyl sites for hydroxylation is 1. The van der Waals surface area contributed by atoms with E-state index in [4.69, 9.17) is 4.42 Å². The summed E-state index contributed by atoms with van der Waals surface area (Å²) in [4.78, 5) is 22.0. The number of nitro groups is 1. The second-order valence-corrected chi connectivity index (χ2v) is 4.20. The van der Waals surface area contributed by atoms with Crippen LogP contribution in [0.4, 0.5) is 5.69 Å². The number of nitrogens with zero attached hydrogens (tertiary/aromatic N) is 3. The summed E-state index contributed by atoms with van der Waals surface area (Å²) in [7, 11) is 1.25. The van der Waals surface area contributed by atoms with Crippen molar-refractivity contribution < 1.29 is 18.9 Å². The van der Waals surface area contributed by atoms with E-state index in [9.17, 15) is 14.9 Å². The Morgan fingerprint density at radius 1 is 1.55 bits per heavy atom. The zero-order valence-corrected chi connectivity index (χ0v) is 11.2. The monoisotopic (exact) mass is 279 g/mol. The van der Waals surface area contributed by atoms with Gasteiger partial charge in [-0.3, -0.25) is 14.8 Å². The Morgan fingerprint density at radius 2 is 2.25 bits per heavy atom. The van der Waals surface area contributed by atoms with Gasteiger partial charge in [0.2, 0.25) is 5.76 Å². The van der Waals surface area contributed by atoms with E-state index in [1.54, 1.807) is 19.9 Å². The molecule has 0 atom stereocenters. The maximum absolute atomic E-state index is 11.5. The Bertz CT molecular complexity index is 671.